The van der Waals surface area contributed by atoms with Gasteiger partial charge >= 0.3 is 6.18 Å². The van der Waals surface area contributed by atoms with Crippen molar-refractivity contribution in [1.29, 1.82) is 0 Å². The summed E-state index contributed by atoms with van der Waals surface area (Å²) in [6.07, 6.45) is -4.57. The Kier molecular flexibility index (Phi) is 5.26. The van der Waals surface area contributed by atoms with Gasteiger partial charge in [-0.2, -0.15) is 13.2 Å². The molecule has 0 aliphatic carbocycles. The minimum atomic E-state index is -4.57. The summed E-state index contributed by atoms with van der Waals surface area (Å²) in [5, 5.41) is 2.95. The lowest BCUT2D eigenvalue weighted by Gasteiger charge is -2.14. The number of hydrogen-bond acceptors (Lipinski definition) is 2. The largest absolute Gasteiger partial charge is 0.496 e. The molecular formula is C17H17F4NO. The molecule has 2 aromatic carbocycles. The Balaban J connectivity index is 2.06. The third-order valence-corrected chi connectivity index (χ3v) is 3.48. The van der Waals surface area contributed by atoms with Gasteiger partial charge in [0, 0.05) is 13.1 Å². The van der Waals surface area contributed by atoms with Crippen LogP contribution in [0.15, 0.2) is 36.4 Å². The highest BCUT2D eigenvalue weighted by atomic mass is 19.4. The molecule has 6 heteroatoms. The van der Waals surface area contributed by atoms with Crippen LogP contribution < -0.4 is 10.1 Å². The highest BCUT2D eigenvalue weighted by Gasteiger charge is 2.33. The molecule has 0 fully saturated rings. The molecule has 0 saturated carbocycles. The van der Waals surface area contributed by atoms with Crippen molar-refractivity contribution in [3.63, 3.8) is 0 Å². The Morgan fingerprint density at radius 3 is 2.39 bits per heavy atom. The van der Waals surface area contributed by atoms with E-state index in [1.807, 2.05) is 25.1 Å². The number of rotatable bonds is 5. The van der Waals surface area contributed by atoms with E-state index in [4.69, 9.17) is 4.74 Å². The highest BCUT2D eigenvalue weighted by molar-refractivity contribution is 5.36. The van der Waals surface area contributed by atoms with Crippen molar-refractivity contribution in [2.45, 2.75) is 26.2 Å². The highest BCUT2D eigenvalue weighted by Crippen LogP contribution is 2.32. The molecule has 0 bridgehead atoms. The predicted molar refractivity (Wildman–Crippen MR) is 79.7 cm³/mol. The lowest BCUT2D eigenvalue weighted by molar-refractivity contribution is -0.138. The summed E-state index contributed by atoms with van der Waals surface area (Å²) in [4.78, 5) is 0. The fourth-order valence-electron chi connectivity index (χ4n) is 2.36. The summed E-state index contributed by atoms with van der Waals surface area (Å²) < 4.78 is 56.9. The molecule has 0 aliphatic rings. The van der Waals surface area contributed by atoms with Crippen molar-refractivity contribution in [3.8, 4) is 5.75 Å². The Labute approximate surface area is 132 Å². The molecule has 0 atom stereocenters. The van der Waals surface area contributed by atoms with E-state index in [0.717, 1.165) is 29.0 Å². The van der Waals surface area contributed by atoms with Crippen LogP contribution in [0.25, 0.3) is 0 Å². The second-order valence-electron chi connectivity index (χ2n) is 5.21. The van der Waals surface area contributed by atoms with Gasteiger partial charge in [-0.25, -0.2) is 4.39 Å². The zero-order valence-corrected chi connectivity index (χ0v) is 12.8. The number of aryl methyl sites for hydroxylation is 1. The van der Waals surface area contributed by atoms with E-state index in [1.165, 1.54) is 0 Å². The van der Waals surface area contributed by atoms with Gasteiger partial charge in [0.15, 0.2) is 0 Å². The van der Waals surface area contributed by atoms with Gasteiger partial charge in [-0.05, 0) is 41.8 Å². The molecule has 0 saturated heterocycles. The van der Waals surface area contributed by atoms with E-state index in [2.05, 4.69) is 5.32 Å². The molecule has 2 aromatic rings. The summed E-state index contributed by atoms with van der Waals surface area (Å²) in [5.74, 6) is -0.140. The van der Waals surface area contributed by atoms with Crippen molar-refractivity contribution in [1.82, 2.24) is 5.32 Å². The first kappa shape index (κ1) is 17.3. The van der Waals surface area contributed by atoms with Crippen LogP contribution >= 0.6 is 0 Å². The van der Waals surface area contributed by atoms with Gasteiger partial charge in [0.05, 0.1) is 12.7 Å². The molecule has 124 valence electrons. The summed E-state index contributed by atoms with van der Waals surface area (Å²) in [7, 11) is 1.58. The summed E-state index contributed by atoms with van der Waals surface area (Å²) in [5.41, 5.74) is 0.948. The molecule has 1 N–H and O–H groups in total. The van der Waals surface area contributed by atoms with E-state index in [0.29, 0.717) is 12.6 Å². The molecule has 0 unspecified atom stereocenters. The summed E-state index contributed by atoms with van der Waals surface area (Å²) >= 11 is 0. The summed E-state index contributed by atoms with van der Waals surface area (Å²) in [6.45, 7) is 2.30. The monoisotopic (exact) mass is 327 g/mol. The summed E-state index contributed by atoms with van der Waals surface area (Å²) in [6, 6.07) is 8.27. The Morgan fingerprint density at radius 2 is 1.78 bits per heavy atom. The number of hydrogen-bond donors (Lipinski definition) is 1. The first-order valence-electron chi connectivity index (χ1n) is 7.01. The van der Waals surface area contributed by atoms with Gasteiger partial charge in [-0.3, -0.25) is 0 Å². The minimum Gasteiger partial charge on any atom is -0.496 e. The fourth-order valence-corrected chi connectivity index (χ4v) is 2.36. The smallest absolute Gasteiger partial charge is 0.416 e. The van der Waals surface area contributed by atoms with E-state index in [9.17, 15) is 17.6 Å². The van der Waals surface area contributed by atoms with Crippen LogP contribution in [0, 0.1) is 12.7 Å². The van der Waals surface area contributed by atoms with E-state index < -0.39 is 17.6 Å². The van der Waals surface area contributed by atoms with Gasteiger partial charge in [0.2, 0.25) is 0 Å². The number of methoxy groups -OCH3 is 1. The fraction of sp³-hybridized carbons (Fsp3) is 0.294. The van der Waals surface area contributed by atoms with Crippen LogP contribution in [-0.4, -0.2) is 7.11 Å². The van der Waals surface area contributed by atoms with Crippen molar-refractivity contribution >= 4 is 0 Å². The third kappa shape index (κ3) is 4.45. The molecular weight excluding hydrogens is 310 g/mol. The van der Waals surface area contributed by atoms with Crippen molar-refractivity contribution in [2.24, 2.45) is 0 Å². The minimum absolute atomic E-state index is 0.000199. The van der Waals surface area contributed by atoms with Crippen LogP contribution in [0.2, 0.25) is 0 Å². The molecule has 0 spiro atoms. The maximum absolute atomic E-state index is 13.0. The quantitative estimate of drug-likeness (QED) is 0.819. The first-order valence-corrected chi connectivity index (χ1v) is 7.01. The van der Waals surface area contributed by atoms with Crippen LogP contribution in [0.5, 0.6) is 5.75 Å². The number of benzene rings is 2. The SMILES string of the molecule is COc1ccc(CNCc2ccc(F)cc2C(F)(F)F)cc1C. The van der Waals surface area contributed by atoms with Crippen molar-refractivity contribution in [3.05, 3.63) is 64.5 Å². The van der Waals surface area contributed by atoms with Crippen LogP contribution in [-0.2, 0) is 19.3 Å². The molecule has 2 nitrogen and oxygen atoms in total. The van der Waals surface area contributed by atoms with Gasteiger partial charge in [-0.1, -0.05) is 18.2 Å². The molecule has 0 aliphatic heterocycles. The second kappa shape index (κ2) is 7.00. The Hall–Kier alpha value is -2.08. The standard InChI is InChI=1S/C17H17F4NO/c1-11-7-12(3-6-16(11)23-2)9-22-10-13-4-5-14(18)8-15(13)17(19,20)21/h3-8,22H,9-10H2,1-2H3. The number of halogens is 4. The lowest BCUT2D eigenvalue weighted by atomic mass is 10.1. The molecule has 23 heavy (non-hydrogen) atoms. The predicted octanol–water partition coefficient (Wildman–Crippen LogP) is 4.45. The van der Waals surface area contributed by atoms with Crippen LogP contribution in [0.1, 0.15) is 22.3 Å². The normalized spacial score (nSPS) is 11.6. The van der Waals surface area contributed by atoms with E-state index >= 15 is 0 Å². The average molecular weight is 327 g/mol. The molecule has 0 heterocycles. The molecule has 0 radical (unpaired) electrons. The topological polar surface area (TPSA) is 21.3 Å². The van der Waals surface area contributed by atoms with Crippen LogP contribution in [0.4, 0.5) is 17.6 Å². The number of ether oxygens (including phenoxy) is 1. The average Bonchev–Trinajstić information content (AvgIpc) is 2.48. The maximum atomic E-state index is 13.0. The molecule has 2 rings (SSSR count). The van der Waals surface area contributed by atoms with E-state index in [1.54, 1.807) is 7.11 Å². The lowest BCUT2D eigenvalue weighted by Crippen LogP contribution is -2.17. The number of alkyl halides is 3. The zero-order valence-electron chi connectivity index (χ0n) is 12.8. The second-order valence-corrected chi connectivity index (χ2v) is 5.21. The zero-order chi connectivity index (χ0) is 17.0. The first-order chi connectivity index (χ1) is 10.8. The van der Waals surface area contributed by atoms with Gasteiger partial charge < -0.3 is 10.1 Å². The molecule has 0 aromatic heterocycles. The van der Waals surface area contributed by atoms with E-state index in [-0.39, 0.29) is 12.1 Å². The van der Waals surface area contributed by atoms with Crippen LogP contribution in [0.3, 0.4) is 0 Å². The van der Waals surface area contributed by atoms with Gasteiger partial charge in [0.1, 0.15) is 11.6 Å². The third-order valence-electron chi connectivity index (χ3n) is 3.48. The molecule has 0 amide bonds. The Morgan fingerprint density at radius 1 is 1.04 bits per heavy atom. The van der Waals surface area contributed by atoms with Gasteiger partial charge in [-0.15, -0.1) is 0 Å². The van der Waals surface area contributed by atoms with Gasteiger partial charge in [0.25, 0.3) is 0 Å². The number of nitrogens with one attached hydrogen (secondary N) is 1. The van der Waals surface area contributed by atoms with Crippen molar-refractivity contribution < 1.29 is 22.3 Å². The van der Waals surface area contributed by atoms with Crippen molar-refractivity contribution in [2.75, 3.05) is 7.11 Å². The Bertz CT molecular complexity index is 683. The maximum Gasteiger partial charge on any atom is 0.416 e.